The van der Waals surface area contributed by atoms with Crippen molar-refractivity contribution in [2.45, 2.75) is 24.6 Å². The second-order valence-corrected chi connectivity index (χ2v) is 5.53. The molecule has 0 heterocycles. The Morgan fingerprint density at radius 3 is 2.64 bits per heavy atom. The van der Waals surface area contributed by atoms with Crippen LogP contribution < -0.4 is 4.74 Å². The summed E-state index contributed by atoms with van der Waals surface area (Å²) in [6.45, 7) is 0. The lowest BCUT2D eigenvalue weighted by atomic mass is 9.75. The first kappa shape index (κ1) is 14.7. The maximum atomic E-state index is 15.3. The summed E-state index contributed by atoms with van der Waals surface area (Å²) in [5.41, 5.74) is -0.812. The van der Waals surface area contributed by atoms with Gasteiger partial charge in [-0.05, 0) is 36.1 Å². The number of fused-ring (bicyclic) bond motifs is 1. The molecule has 0 saturated carbocycles. The number of benzene rings is 2. The molecule has 0 saturated heterocycles. The number of ketones is 1. The summed E-state index contributed by atoms with van der Waals surface area (Å²) in [4.78, 5) is 12.6. The Morgan fingerprint density at radius 2 is 1.95 bits per heavy atom. The lowest BCUT2D eigenvalue weighted by molar-refractivity contribution is -0.00675. The maximum absolute atomic E-state index is 15.3. The van der Waals surface area contributed by atoms with Crippen LogP contribution in [0.2, 0.25) is 0 Å². The monoisotopic (exact) mass is 300 g/mol. The van der Waals surface area contributed by atoms with E-state index in [-0.39, 0.29) is 6.42 Å². The summed E-state index contributed by atoms with van der Waals surface area (Å²) in [6, 6.07) is 13.5. The molecule has 1 N–H and O–H groups in total. The molecule has 2 aromatic rings. The molecule has 0 bridgehead atoms. The normalized spacial score (nSPS) is 22.0. The van der Waals surface area contributed by atoms with Gasteiger partial charge in [-0.2, -0.15) is 0 Å². The van der Waals surface area contributed by atoms with Gasteiger partial charge in [0.1, 0.15) is 11.9 Å². The molecule has 2 aromatic carbocycles. The number of aryl methyl sites for hydroxylation is 1. The Kier molecular flexibility index (Phi) is 3.71. The van der Waals surface area contributed by atoms with Crippen molar-refractivity contribution in [1.29, 1.82) is 0 Å². The van der Waals surface area contributed by atoms with E-state index < -0.39 is 17.6 Å². The Labute approximate surface area is 128 Å². The molecule has 3 rings (SSSR count). The Hall–Kier alpha value is -2.20. The highest BCUT2D eigenvalue weighted by molar-refractivity contribution is 6.05. The first-order chi connectivity index (χ1) is 10.6. The molecular formula is C18H17FO3. The number of aliphatic hydroxyl groups excluding tert-OH is 1. The second kappa shape index (κ2) is 5.54. The molecule has 3 nitrogen and oxygen atoms in total. The molecule has 0 unspecified atom stereocenters. The number of carbonyl (C=O) groups is 1. The van der Waals surface area contributed by atoms with Crippen molar-refractivity contribution in [3.63, 3.8) is 0 Å². The number of halogens is 1. The first-order valence-electron chi connectivity index (χ1n) is 7.20. The highest BCUT2D eigenvalue weighted by Gasteiger charge is 2.49. The molecule has 0 aliphatic heterocycles. The van der Waals surface area contributed by atoms with Gasteiger partial charge in [0.15, 0.2) is 0 Å². The van der Waals surface area contributed by atoms with Crippen molar-refractivity contribution < 1.29 is 19.0 Å². The van der Waals surface area contributed by atoms with Crippen molar-refractivity contribution in [2.75, 3.05) is 7.11 Å². The molecule has 2 atom stereocenters. The van der Waals surface area contributed by atoms with E-state index in [1.165, 1.54) is 7.11 Å². The van der Waals surface area contributed by atoms with Crippen molar-refractivity contribution in [2.24, 2.45) is 0 Å². The number of alkyl halides is 1. The van der Waals surface area contributed by atoms with Gasteiger partial charge in [0.25, 0.3) is 0 Å². The van der Waals surface area contributed by atoms with Gasteiger partial charge >= 0.3 is 0 Å². The summed E-state index contributed by atoms with van der Waals surface area (Å²) >= 11 is 0. The van der Waals surface area contributed by atoms with E-state index in [1.54, 1.807) is 48.5 Å². The Bertz CT molecular complexity index is 699. The van der Waals surface area contributed by atoms with Crippen LogP contribution in [0.3, 0.4) is 0 Å². The topological polar surface area (TPSA) is 46.5 Å². The SMILES string of the molecule is COc1ccc2c(c1)C(=O)[C@](F)([C@@H](O)c1ccccc1)CC2. The number of hydrogen-bond acceptors (Lipinski definition) is 3. The number of Topliss-reactive ketones (excluding diaryl/α,β-unsaturated/α-hetero) is 1. The van der Waals surface area contributed by atoms with E-state index >= 15 is 4.39 Å². The van der Waals surface area contributed by atoms with Crippen LogP contribution in [0.15, 0.2) is 48.5 Å². The molecule has 114 valence electrons. The number of hydrogen-bond donors (Lipinski definition) is 1. The van der Waals surface area contributed by atoms with Crippen LogP contribution in [0.5, 0.6) is 5.75 Å². The highest BCUT2D eigenvalue weighted by Crippen LogP contribution is 2.41. The summed E-state index contributed by atoms with van der Waals surface area (Å²) in [7, 11) is 1.50. The van der Waals surface area contributed by atoms with Crippen LogP contribution in [-0.2, 0) is 6.42 Å². The van der Waals surface area contributed by atoms with Crippen molar-refractivity contribution in [3.05, 3.63) is 65.2 Å². The fraction of sp³-hybridized carbons (Fsp3) is 0.278. The van der Waals surface area contributed by atoms with Gasteiger partial charge in [0.2, 0.25) is 11.5 Å². The zero-order valence-electron chi connectivity index (χ0n) is 12.3. The van der Waals surface area contributed by atoms with Gasteiger partial charge in [0, 0.05) is 5.56 Å². The van der Waals surface area contributed by atoms with Crippen LogP contribution in [0.4, 0.5) is 4.39 Å². The smallest absolute Gasteiger partial charge is 0.203 e. The molecule has 1 aliphatic carbocycles. The predicted molar refractivity (Wildman–Crippen MR) is 80.9 cm³/mol. The first-order valence-corrected chi connectivity index (χ1v) is 7.20. The van der Waals surface area contributed by atoms with Crippen LogP contribution in [0.25, 0.3) is 0 Å². The predicted octanol–water partition coefficient (Wildman–Crippen LogP) is 3.27. The van der Waals surface area contributed by atoms with E-state index in [0.717, 1.165) is 5.56 Å². The molecule has 4 heteroatoms. The van der Waals surface area contributed by atoms with Crippen LogP contribution in [0, 0.1) is 0 Å². The Morgan fingerprint density at radius 1 is 1.23 bits per heavy atom. The van der Waals surface area contributed by atoms with Crippen LogP contribution in [0.1, 0.15) is 34.0 Å². The van der Waals surface area contributed by atoms with Gasteiger partial charge in [0.05, 0.1) is 7.11 Å². The number of rotatable bonds is 3. The number of aliphatic hydroxyl groups is 1. The molecule has 0 fully saturated rings. The molecule has 22 heavy (non-hydrogen) atoms. The number of carbonyl (C=O) groups excluding carboxylic acids is 1. The summed E-state index contributed by atoms with van der Waals surface area (Å²) in [5, 5.41) is 10.4. The minimum absolute atomic E-state index is 0.0266. The fourth-order valence-electron chi connectivity index (χ4n) is 2.93. The second-order valence-electron chi connectivity index (χ2n) is 5.53. The minimum atomic E-state index is -2.30. The summed E-state index contributed by atoms with van der Waals surface area (Å²) in [6.07, 6.45) is -1.09. The molecule has 1 aliphatic rings. The quantitative estimate of drug-likeness (QED) is 0.946. The maximum Gasteiger partial charge on any atom is 0.203 e. The largest absolute Gasteiger partial charge is 0.497 e. The highest BCUT2D eigenvalue weighted by atomic mass is 19.1. The van der Waals surface area contributed by atoms with Gasteiger partial charge in [-0.3, -0.25) is 4.79 Å². The molecular weight excluding hydrogens is 283 g/mol. The average Bonchev–Trinajstić information content (AvgIpc) is 2.58. The molecule has 0 amide bonds. The van der Waals surface area contributed by atoms with E-state index in [2.05, 4.69) is 0 Å². The summed E-state index contributed by atoms with van der Waals surface area (Å²) < 4.78 is 20.4. The number of ether oxygens (including phenoxy) is 1. The van der Waals surface area contributed by atoms with Gasteiger partial charge in [-0.1, -0.05) is 36.4 Å². The van der Waals surface area contributed by atoms with E-state index in [4.69, 9.17) is 4.74 Å². The van der Waals surface area contributed by atoms with Crippen molar-refractivity contribution in [3.8, 4) is 5.75 Å². The molecule has 0 aromatic heterocycles. The summed E-state index contributed by atoms with van der Waals surface area (Å²) in [5.74, 6) is -0.172. The van der Waals surface area contributed by atoms with Gasteiger partial charge in [-0.25, -0.2) is 4.39 Å². The van der Waals surface area contributed by atoms with Gasteiger partial charge in [-0.15, -0.1) is 0 Å². The lowest BCUT2D eigenvalue weighted by Crippen LogP contribution is -2.44. The number of methoxy groups -OCH3 is 1. The van der Waals surface area contributed by atoms with E-state index in [9.17, 15) is 9.90 Å². The van der Waals surface area contributed by atoms with Crippen molar-refractivity contribution in [1.82, 2.24) is 0 Å². The molecule has 0 spiro atoms. The molecule has 0 radical (unpaired) electrons. The fourth-order valence-corrected chi connectivity index (χ4v) is 2.93. The zero-order chi connectivity index (χ0) is 15.7. The third-order valence-electron chi connectivity index (χ3n) is 4.25. The lowest BCUT2D eigenvalue weighted by Gasteiger charge is -2.33. The van der Waals surface area contributed by atoms with E-state index in [1.807, 2.05) is 0 Å². The van der Waals surface area contributed by atoms with Gasteiger partial charge < -0.3 is 9.84 Å². The zero-order valence-corrected chi connectivity index (χ0v) is 12.3. The van der Waals surface area contributed by atoms with Crippen LogP contribution >= 0.6 is 0 Å². The Balaban J connectivity index is 2.00. The standard InChI is InChI=1S/C18H17FO3/c1-22-14-8-7-12-9-10-18(19,17(21)15(12)11-14)16(20)13-5-3-2-4-6-13/h2-8,11,16,20H,9-10H2,1H3/t16-,18+/m0/s1. The third-order valence-corrected chi connectivity index (χ3v) is 4.25. The minimum Gasteiger partial charge on any atom is -0.497 e. The third kappa shape index (κ3) is 2.29. The average molecular weight is 300 g/mol. The van der Waals surface area contributed by atoms with Crippen LogP contribution in [-0.4, -0.2) is 23.7 Å². The van der Waals surface area contributed by atoms with E-state index in [0.29, 0.717) is 23.3 Å². The van der Waals surface area contributed by atoms with Crippen molar-refractivity contribution >= 4 is 5.78 Å².